The van der Waals surface area contributed by atoms with Gasteiger partial charge in [0.2, 0.25) is 0 Å². The van der Waals surface area contributed by atoms with E-state index in [0.29, 0.717) is 6.04 Å². The van der Waals surface area contributed by atoms with Gasteiger partial charge in [-0.2, -0.15) is 0 Å². The number of H-pyrrole nitrogens is 1. The van der Waals surface area contributed by atoms with Crippen LogP contribution in [0.5, 0.6) is 0 Å². The first-order chi connectivity index (χ1) is 11.8. The van der Waals surface area contributed by atoms with Crippen LogP contribution in [0.2, 0.25) is 0 Å². The van der Waals surface area contributed by atoms with Crippen molar-refractivity contribution in [1.29, 1.82) is 0 Å². The number of fused-ring (bicyclic) bond motifs is 1. The summed E-state index contributed by atoms with van der Waals surface area (Å²) in [5, 5.41) is 1.28. The number of thioether (sulfide) groups is 1. The monoisotopic (exact) mass is 336 g/mol. The lowest BCUT2D eigenvalue weighted by Gasteiger charge is -2.26. The number of hydrogen-bond donors (Lipinski definition) is 1. The number of para-hydroxylation sites is 1. The van der Waals surface area contributed by atoms with Crippen molar-refractivity contribution in [2.75, 3.05) is 17.2 Å². The largest absolute Gasteiger partial charge is 0.368 e. The van der Waals surface area contributed by atoms with Gasteiger partial charge in [-0.1, -0.05) is 25.1 Å². The Bertz CT molecular complexity index is 819. The minimum absolute atomic E-state index is 0.623. The van der Waals surface area contributed by atoms with E-state index in [1.54, 1.807) is 0 Å². The Morgan fingerprint density at radius 3 is 2.79 bits per heavy atom. The lowest BCUT2D eigenvalue weighted by molar-refractivity contribution is 0.735. The maximum atomic E-state index is 3.62. The van der Waals surface area contributed by atoms with Gasteiger partial charge in [-0.05, 0) is 55.9 Å². The Hall–Kier alpha value is -1.87. The van der Waals surface area contributed by atoms with Crippen LogP contribution in [0.4, 0.5) is 5.69 Å². The second-order valence-corrected chi connectivity index (χ2v) is 7.90. The van der Waals surface area contributed by atoms with Gasteiger partial charge >= 0.3 is 0 Å². The van der Waals surface area contributed by atoms with Gasteiger partial charge in [0.1, 0.15) is 0 Å². The van der Waals surface area contributed by atoms with Crippen molar-refractivity contribution in [3.8, 4) is 11.3 Å². The highest BCUT2D eigenvalue weighted by atomic mass is 32.2. The minimum Gasteiger partial charge on any atom is -0.368 e. The van der Waals surface area contributed by atoms with E-state index >= 15 is 0 Å². The van der Waals surface area contributed by atoms with Crippen molar-refractivity contribution < 1.29 is 0 Å². The number of nitrogens with zero attached hydrogens (tertiary/aromatic N) is 1. The Morgan fingerprint density at radius 2 is 2.04 bits per heavy atom. The van der Waals surface area contributed by atoms with E-state index in [-0.39, 0.29) is 0 Å². The fourth-order valence-electron chi connectivity index (χ4n) is 3.75. The van der Waals surface area contributed by atoms with Gasteiger partial charge in [0.05, 0.1) is 0 Å². The maximum absolute atomic E-state index is 3.62. The lowest BCUT2D eigenvalue weighted by atomic mass is 10.1. The van der Waals surface area contributed by atoms with E-state index in [4.69, 9.17) is 0 Å². The SMILES string of the molecule is CCSc1ccc(N2CCCC2C)c(-c2cc3ccccc3[nH]2)c1. The average Bonchev–Trinajstić information content (AvgIpc) is 3.21. The molecule has 0 spiro atoms. The molecule has 3 heteroatoms. The molecule has 124 valence electrons. The summed E-state index contributed by atoms with van der Waals surface area (Å²) in [5.41, 5.74) is 5.13. The molecule has 1 N–H and O–H groups in total. The van der Waals surface area contributed by atoms with E-state index < -0.39 is 0 Å². The van der Waals surface area contributed by atoms with E-state index in [2.05, 4.69) is 72.3 Å². The molecular weight excluding hydrogens is 312 g/mol. The third kappa shape index (κ3) is 2.82. The second-order valence-electron chi connectivity index (χ2n) is 6.57. The molecule has 0 amide bonds. The molecule has 2 aromatic carbocycles. The van der Waals surface area contributed by atoms with Crippen LogP contribution in [0.1, 0.15) is 26.7 Å². The highest BCUT2D eigenvalue weighted by Gasteiger charge is 2.23. The molecule has 1 fully saturated rings. The van der Waals surface area contributed by atoms with Gasteiger partial charge < -0.3 is 9.88 Å². The first-order valence-corrected chi connectivity index (χ1v) is 9.86. The molecule has 24 heavy (non-hydrogen) atoms. The predicted molar refractivity (Wildman–Crippen MR) is 106 cm³/mol. The van der Waals surface area contributed by atoms with Crippen molar-refractivity contribution >= 4 is 28.4 Å². The van der Waals surface area contributed by atoms with Gasteiger partial charge in [-0.25, -0.2) is 0 Å². The minimum atomic E-state index is 0.623. The predicted octanol–water partition coefficient (Wildman–Crippen LogP) is 5.94. The maximum Gasteiger partial charge on any atom is 0.0486 e. The molecule has 1 aromatic heterocycles. The molecule has 0 saturated carbocycles. The highest BCUT2D eigenvalue weighted by Crippen LogP contribution is 2.38. The molecule has 0 bridgehead atoms. The fourth-order valence-corrected chi connectivity index (χ4v) is 4.45. The first-order valence-electron chi connectivity index (χ1n) is 8.88. The van der Waals surface area contributed by atoms with Crippen LogP contribution in [0.15, 0.2) is 53.4 Å². The normalized spacial score (nSPS) is 17.8. The summed E-state index contributed by atoms with van der Waals surface area (Å²) in [6.07, 6.45) is 2.58. The van der Waals surface area contributed by atoms with Gasteiger partial charge in [-0.3, -0.25) is 0 Å². The molecule has 2 heterocycles. The van der Waals surface area contributed by atoms with E-state index in [9.17, 15) is 0 Å². The summed E-state index contributed by atoms with van der Waals surface area (Å²) < 4.78 is 0. The Kier molecular flexibility index (Phi) is 4.28. The van der Waals surface area contributed by atoms with E-state index in [1.807, 2.05) is 11.8 Å². The van der Waals surface area contributed by atoms with Gasteiger partial charge in [0.15, 0.2) is 0 Å². The summed E-state index contributed by atoms with van der Waals surface area (Å²) in [6.45, 7) is 5.72. The number of rotatable bonds is 4. The summed E-state index contributed by atoms with van der Waals surface area (Å²) in [6, 6.07) is 18.4. The molecule has 1 atom stereocenters. The van der Waals surface area contributed by atoms with Crippen LogP contribution >= 0.6 is 11.8 Å². The summed E-state index contributed by atoms with van der Waals surface area (Å²) in [7, 11) is 0. The molecule has 3 aromatic rings. The third-order valence-corrected chi connectivity index (χ3v) is 5.84. The van der Waals surface area contributed by atoms with E-state index in [1.165, 1.54) is 45.6 Å². The van der Waals surface area contributed by atoms with Crippen LogP contribution in [0.3, 0.4) is 0 Å². The van der Waals surface area contributed by atoms with Crippen molar-refractivity contribution in [2.45, 2.75) is 37.6 Å². The Morgan fingerprint density at radius 1 is 1.17 bits per heavy atom. The van der Waals surface area contributed by atoms with Crippen molar-refractivity contribution in [3.05, 3.63) is 48.5 Å². The molecule has 1 aliphatic rings. The molecule has 1 unspecified atom stereocenters. The van der Waals surface area contributed by atoms with Crippen molar-refractivity contribution in [3.63, 3.8) is 0 Å². The smallest absolute Gasteiger partial charge is 0.0486 e. The summed E-state index contributed by atoms with van der Waals surface area (Å²) in [4.78, 5) is 7.54. The van der Waals surface area contributed by atoms with Crippen LogP contribution in [0.25, 0.3) is 22.2 Å². The van der Waals surface area contributed by atoms with Crippen LogP contribution < -0.4 is 4.90 Å². The topological polar surface area (TPSA) is 19.0 Å². The summed E-state index contributed by atoms with van der Waals surface area (Å²) in [5.74, 6) is 1.10. The Balaban J connectivity index is 1.85. The Labute approximate surface area is 148 Å². The van der Waals surface area contributed by atoms with Crippen LogP contribution in [0, 0.1) is 0 Å². The average molecular weight is 337 g/mol. The molecule has 4 rings (SSSR count). The number of nitrogens with one attached hydrogen (secondary N) is 1. The van der Waals surface area contributed by atoms with E-state index in [0.717, 1.165) is 12.3 Å². The number of aromatic nitrogens is 1. The molecule has 1 saturated heterocycles. The zero-order chi connectivity index (χ0) is 16.5. The third-order valence-electron chi connectivity index (χ3n) is 4.96. The fraction of sp³-hybridized carbons (Fsp3) is 0.333. The molecular formula is C21H24N2S. The van der Waals surface area contributed by atoms with Gasteiger partial charge in [-0.15, -0.1) is 11.8 Å². The number of benzene rings is 2. The van der Waals surface area contributed by atoms with Gasteiger partial charge in [0.25, 0.3) is 0 Å². The molecule has 1 aliphatic heterocycles. The zero-order valence-electron chi connectivity index (χ0n) is 14.4. The lowest BCUT2D eigenvalue weighted by Crippen LogP contribution is -2.26. The zero-order valence-corrected chi connectivity index (χ0v) is 15.2. The molecule has 0 radical (unpaired) electrons. The quantitative estimate of drug-likeness (QED) is 0.595. The van der Waals surface area contributed by atoms with Crippen molar-refractivity contribution in [1.82, 2.24) is 4.98 Å². The molecule has 0 aliphatic carbocycles. The number of anilines is 1. The number of hydrogen-bond acceptors (Lipinski definition) is 2. The van der Waals surface area contributed by atoms with Gasteiger partial charge in [0, 0.05) is 45.3 Å². The highest BCUT2D eigenvalue weighted by molar-refractivity contribution is 7.99. The standard InChI is InChI=1S/C21H24N2S/c1-3-24-17-10-11-21(23-12-6-7-15(23)2)18(14-17)20-13-16-8-4-5-9-19(16)22-20/h4-5,8-11,13-15,22H,3,6-7,12H2,1-2H3. The van der Waals surface area contributed by atoms with Crippen molar-refractivity contribution in [2.24, 2.45) is 0 Å². The first kappa shape index (κ1) is 15.6. The number of aromatic amines is 1. The molecule has 2 nitrogen and oxygen atoms in total. The summed E-state index contributed by atoms with van der Waals surface area (Å²) >= 11 is 1.91. The van der Waals surface area contributed by atoms with Crippen LogP contribution in [-0.2, 0) is 0 Å². The van der Waals surface area contributed by atoms with Crippen LogP contribution in [-0.4, -0.2) is 23.3 Å². The second kappa shape index (κ2) is 6.56.